The van der Waals surface area contributed by atoms with Gasteiger partial charge in [0.05, 0.1) is 19.3 Å². The first-order valence-electron chi connectivity index (χ1n) is 5.84. The second-order valence-electron chi connectivity index (χ2n) is 4.31. The van der Waals surface area contributed by atoms with Gasteiger partial charge in [-0.15, -0.1) is 0 Å². The molecule has 2 N–H and O–H groups in total. The molecular weight excluding hydrogens is 256 g/mol. The summed E-state index contributed by atoms with van der Waals surface area (Å²) < 4.78 is 17.1. The van der Waals surface area contributed by atoms with E-state index in [1.54, 1.807) is 0 Å². The number of nitrogens with one attached hydrogen (secondary N) is 1. The van der Waals surface area contributed by atoms with E-state index < -0.39 is 7.12 Å². The van der Waals surface area contributed by atoms with Gasteiger partial charge in [-0.1, -0.05) is 12.1 Å². The van der Waals surface area contributed by atoms with Crippen molar-refractivity contribution >= 4 is 24.4 Å². The summed E-state index contributed by atoms with van der Waals surface area (Å²) in [4.78, 5) is 2.58. The first kappa shape index (κ1) is 12.3. The number of aliphatic hydroxyl groups excluding tert-OH is 1. The normalized spacial score (nSPS) is 25.6. The minimum atomic E-state index is -0.442. The predicted molar refractivity (Wildman–Crippen MR) is 67.0 cm³/mol. The van der Waals surface area contributed by atoms with Crippen LogP contribution < -0.4 is 15.0 Å². The van der Waals surface area contributed by atoms with Gasteiger partial charge in [-0.3, -0.25) is 0 Å². The van der Waals surface area contributed by atoms with Crippen LogP contribution in [0.15, 0.2) is 18.2 Å². The zero-order chi connectivity index (χ0) is 12.5. The van der Waals surface area contributed by atoms with E-state index in [0.717, 1.165) is 11.0 Å². The van der Waals surface area contributed by atoms with E-state index in [4.69, 9.17) is 25.8 Å². The van der Waals surface area contributed by atoms with Crippen LogP contribution in [-0.2, 0) is 9.31 Å². The van der Waals surface area contributed by atoms with Crippen molar-refractivity contribution in [2.24, 2.45) is 0 Å². The standard InChI is InChI=1S/C11H13BClNO4/c13-14-4-10-8-2-1-3-9-11(8)12(18-10)16-6-7(5-15)17-9/h1-3,7,10,14-15H,4-6H2. The monoisotopic (exact) mass is 269 g/mol. The molecule has 1 aromatic rings. The van der Waals surface area contributed by atoms with Crippen LogP contribution >= 0.6 is 11.8 Å². The van der Waals surface area contributed by atoms with Crippen molar-refractivity contribution in [3.05, 3.63) is 23.8 Å². The van der Waals surface area contributed by atoms with Crippen LogP contribution in [0.4, 0.5) is 0 Å². The Hall–Kier alpha value is -0.785. The number of benzene rings is 1. The van der Waals surface area contributed by atoms with Gasteiger partial charge in [0.2, 0.25) is 0 Å². The summed E-state index contributed by atoms with van der Waals surface area (Å²) in [7, 11) is -0.442. The van der Waals surface area contributed by atoms with Crippen molar-refractivity contribution in [1.29, 1.82) is 0 Å². The van der Waals surface area contributed by atoms with Crippen LogP contribution in [-0.4, -0.2) is 38.1 Å². The summed E-state index contributed by atoms with van der Waals surface area (Å²) >= 11 is 5.54. The van der Waals surface area contributed by atoms with Crippen molar-refractivity contribution in [3.8, 4) is 5.75 Å². The van der Waals surface area contributed by atoms with Gasteiger partial charge in [0.1, 0.15) is 11.9 Å². The largest absolute Gasteiger partial charge is 0.498 e. The van der Waals surface area contributed by atoms with Crippen molar-refractivity contribution in [1.82, 2.24) is 4.84 Å². The van der Waals surface area contributed by atoms with Gasteiger partial charge in [-0.25, -0.2) is 4.84 Å². The smallest absolute Gasteiger partial charge is 0.486 e. The molecule has 0 bridgehead atoms. The SMILES string of the molecule is OCC1COB2OC(CNCl)c3cccc(c32)O1. The van der Waals surface area contributed by atoms with E-state index in [-0.39, 0.29) is 18.8 Å². The molecule has 7 heteroatoms. The van der Waals surface area contributed by atoms with E-state index in [1.807, 2.05) is 18.2 Å². The lowest BCUT2D eigenvalue weighted by atomic mass is 9.78. The number of rotatable bonds is 3. The molecule has 0 saturated carbocycles. The van der Waals surface area contributed by atoms with Crippen molar-refractivity contribution < 1.29 is 19.2 Å². The maximum Gasteiger partial charge on any atom is 0.498 e. The summed E-state index contributed by atoms with van der Waals surface area (Å²) in [6, 6.07) is 5.74. The molecule has 0 amide bonds. The lowest BCUT2D eigenvalue weighted by Crippen LogP contribution is -2.32. The Morgan fingerprint density at radius 3 is 3.17 bits per heavy atom. The molecule has 0 aliphatic carbocycles. The van der Waals surface area contributed by atoms with Crippen molar-refractivity contribution in [2.45, 2.75) is 12.2 Å². The molecular formula is C11H13BClNO4. The molecule has 96 valence electrons. The van der Waals surface area contributed by atoms with Crippen molar-refractivity contribution in [3.63, 3.8) is 0 Å². The Kier molecular flexibility index (Phi) is 3.45. The molecule has 18 heavy (non-hydrogen) atoms. The van der Waals surface area contributed by atoms with Crippen LogP contribution in [0.5, 0.6) is 5.75 Å². The fourth-order valence-electron chi connectivity index (χ4n) is 2.34. The molecule has 2 aliphatic heterocycles. The third-order valence-corrected chi connectivity index (χ3v) is 3.32. The molecule has 5 nitrogen and oxygen atoms in total. The Bertz CT molecular complexity index is 447. The summed E-state index contributed by atoms with van der Waals surface area (Å²) in [5.41, 5.74) is 1.93. The van der Waals surface area contributed by atoms with Gasteiger partial charge in [0.15, 0.2) is 0 Å². The zero-order valence-electron chi connectivity index (χ0n) is 9.64. The highest BCUT2D eigenvalue weighted by Gasteiger charge is 2.42. The van der Waals surface area contributed by atoms with Gasteiger partial charge in [0.25, 0.3) is 0 Å². The highest BCUT2D eigenvalue weighted by molar-refractivity contribution is 6.64. The fourth-order valence-corrected chi connectivity index (χ4v) is 2.48. The Labute approximate surface area is 110 Å². The summed E-state index contributed by atoms with van der Waals surface area (Å²) in [6.07, 6.45) is -0.493. The second-order valence-corrected chi connectivity index (χ2v) is 4.58. The molecule has 0 spiro atoms. The van der Waals surface area contributed by atoms with Crippen LogP contribution in [0.2, 0.25) is 0 Å². The average Bonchev–Trinajstić information content (AvgIpc) is 2.64. The van der Waals surface area contributed by atoms with E-state index in [1.165, 1.54) is 0 Å². The molecule has 0 saturated heterocycles. The van der Waals surface area contributed by atoms with Crippen LogP contribution in [0.3, 0.4) is 0 Å². The minimum absolute atomic E-state index is 0.0803. The van der Waals surface area contributed by atoms with E-state index in [9.17, 15) is 5.11 Å². The predicted octanol–water partition coefficient (Wildman–Crippen LogP) is -0.0336. The lowest BCUT2D eigenvalue weighted by molar-refractivity contribution is 0.0627. The number of halogens is 1. The second kappa shape index (κ2) is 5.07. The number of hydrogen-bond acceptors (Lipinski definition) is 5. The molecule has 3 rings (SSSR count). The van der Waals surface area contributed by atoms with Gasteiger partial charge < -0.3 is 19.2 Å². The Morgan fingerprint density at radius 1 is 1.50 bits per heavy atom. The molecule has 2 aliphatic rings. The highest BCUT2D eigenvalue weighted by Crippen LogP contribution is 2.30. The minimum Gasteiger partial charge on any atom is -0.486 e. The number of ether oxygens (including phenoxy) is 1. The molecule has 1 aromatic carbocycles. The summed E-state index contributed by atoms with van der Waals surface area (Å²) in [5.74, 6) is 0.714. The average molecular weight is 269 g/mol. The quantitative estimate of drug-likeness (QED) is 0.596. The number of hydrogen-bond donors (Lipinski definition) is 2. The molecule has 2 unspecified atom stereocenters. The molecule has 0 aromatic heterocycles. The first-order valence-corrected chi connectivity index (χ1v) is 6.22. The van der Waals surface area contributed by atoms with E-state index >= 15 is 0 Å². The maximum atomic E-state index is 9.18. The lowest BCUT2D eigenvalue weighted by Gasteiger charge is -2.17. The topological polar surface area (TPSA) is 60.0 Å². The van der Waals surface area contributed by atoms with Gasteiger partial charge in [-0.2, -0.15) is 0 Å². The summed E-state index contributed by atoms with van der Waals surface area (Å²) in [6.45, 7) is 0.723. The van der Waals surface area contributed by atoms with Gasteiger partial charge >= 0.3 is 7.12 Å². The third kappa shape index (κ3) is 2.00. The molecule has 2 heterocycles. The Balaban J connectivity index is 1.98. The highest BCUT2D eigenvalue weighted by atomic mass is 35.5. The Morgan fingerprint density at radius 2 is 2.39 bits per heavy atom. The molecule has 0 radical (unpaired) electrons. The maximum absolute atomic E-state index is 9.18. The zero-order valence-corrected chi connectivity index (χ0v) is 10.4. The fraction of sp³-hybridized carbons (Fsp3) is 0.455. The third-order valence-electron chi connectivity index (χ3n) is 3.16. The van der Waals surface area contributed by atoms with E-state index in [2.05, 4.69) is 4.84 Å². The van der Waals surface area contributed by atoms with Crippen LogP contribution in [0.25, 0.3) is 0 Å². The van der Waals surface area contributed by atoms with Gasteiger partial charge in [0, 0.05) is 12.0 Å². The first-order chi connectivity index (χ1) is 8.83. The van der Waals surface area contributed by atoms with Crippen LogP contribution in [0, 0.1) is 0 Å². The van der Waals surface area contributed by atoms with E-state index in [0.29, 0.717) is 18.9 Å². The number of aliphatic hydroxyl groups is 1. The van der Waals surface area contributed by atoms with Crippen molar-refractivity contribution in [2.75, 3.05) is 19.8 Å². The molecule has 0 fully saturated rings. The summed E-state index contributed by atoms with van der Waals surface area (Å²) in [5, 5.41) is 9.18. The van der Waals surface area contributed by atoms with Gasteiger partial charge in [-0.05, 0) is 23.4 Å². The van der Waals surface area contributed by atoms with Crippen LogP contribution in [0.1, 0.15) is 11.7 Å². The molecule has 2 atom stereocenters.